The van der Waals surface area contributed by atoms with Crippen LogP contribution in [0, 0.1) is 6.92 Å². The van der Waals surface area contributed by atoms with Crippen molar-refractivity contribution in [3.8, 4) is 0 Å². The van der Waals surface area contributed by atoms with Gasteiger partial charge in [0.05, 0.1) is 0 Å². The second-order valence-electron chi connectivity index (χ2n) is 2.97. The van der Waals surface area contributed by atoms with Gasteiger partial charge in [0, 0.05) is 0 Å². The molecule has 0 radical (unpaired) electrons. The minimum Gasteiger partial charge on any atom is -0.0776 e. The van der Waals surface area contributed by atoms with Gasteiger partial charge in [0.25, 0.3) is 0 Å². The molecule has 0 nitrogen and oxygen atoms in total. The number of hydrogen-bond acceptors (Lipinski definition) is 0. The van der Waals surface area contributed by atoms with Crippen LogP contribution >= 0.6 is 0 Å². The summed E-state index contributed by atoms with van der Waals surface area (Å²) in [6.07, 6.45) is 2.29. The smallest absolute Gasteiger partial charge is 0.0305 e. The Morgan fingerprint density at radius 1 is 1.00 bits per heavy atom. The Morgan fingerprint density at radius 3 is 2.00 bits per heavy atom. The topological polar surface area (TPSA) is 0 Å². The zero-order valence-corrected chi connectivity index (χ0v) is 7.65. The van der Waals surface area contributed by atoms with Gasteiger partial charge in [-0.25, -0.2) is 0 Å². The molecule has 13 heavy (non-hydrogen) atoms. The minimum atomic E-state index is 0. The highest BCUT2D eigenvalue weighted by Gasteiger charge is 1.95. The van der Waals surface area contributed by atoms with E-state index in [2.05, 4.69) is 39.0 Å². The van der Waals surface area contributed by atoms with Crippen molar-refractivity contribution < 1.29 is 0 Å². The second kappa shape index (κ2) is 6.71. The van der Waals surface area contributed by atoms with Crippen LogP contribution in [0.25, 0.3) is 0 Å². The third kappa shape index (κ3) is 3.63. The Hall–Kier alpha value is -0.780. The van der Waals surface area contributed by atoms with Crippen LogP contribution in [0.2, 0.25) is 0 Å². The highest BCUT2D eigenvalue weighted by atomic mass is 14.0. The average Bonchev–Trinajstić information content (AvgIpc) is 2.04. The molecule has 1 aromatic carbocycles. The van der Waals surface area contributed by atoms with Crippen molar-refractivity contribution in [2.75, 3.05) is 0 Å². The molecule has 1 rings (SSSR count). The molecule has 0 heterocycles. The van der Waals surface area contributed by atoms with E-state index in [1.54, 1.807) is 0 Å². The maximum absolute atomic E-state index is 2.29. The van der Waals surface area contributed by atoms with E-state index in [0.717, 1.165) is 12.8 Å². The monoisotopic (exact) mass is 180 g/mol. The highest BCUT2D eigenvalue weighted by Crippen LogP contribution is 2.11. The lowest BCUT2D eigenvalue weighted by Crippen LogP contribution is -1.88. The first-order chi connectivity index (χ1) is 5.27. The average molecular weight is 180 g/mol. The molecular weight excluding hydrogens is 156 g/mol. The normalized spacial score (nSPS) is 8.54. The highest BCUT2D eigenvalue weighted by molar-refractivity contribution is 5.30. The molecule has 0 saturated carbocycles. The van der Waals surface area contributed by atoms with E-state index < -0.39 is 0 Å². The molecule has 0 spiro atoms. The molecule has 0 aliphatic heterocycles. The molecule has 1 aromatic rings. The van der Waals surface area contributed by atoms with Crippen LogP contribution in [0.5, 0.6) is 0 Å². The molecule has 0 saturated heterocycles. The lowest BCUT2D eigenvalue weighted by molar-refractivity contribution is 1.07. The van der Waals surface area contributed by atoms with E-state index in [0.29, 0.717) is 0 Å². The number of benzene rings is 1. The molecule has 0 fully saturated rings. The summed E-state index contributed by atoms with van der Waals surface area (Å²) in [5.74, 6) is 0. The van der Waals surface area contributed by atoms with Gasteiger partial charge in [-0.2, -0.15) is 0 Å². The fourth-order valence-electron chi connectivity index (χ4n) is 1.37. The van der Waals surface area contributed by atoms with Gasteiger partial charge in [0.1, 0.15) is 0 Å². The zero-order chi connectivity index (χ0) is 8.27. The number of rotatable bonds is 2. The Balaban J connectivity index is 0. The van der Waals surface area contributed by atoms with E-state index >= 15 is 0 Å². The molecule has 0 N–H and O–H groups in total. The summed E-state index contributed by atoms with van der Waals surface area (Å²) in [5.41, 5.74) is 4.36. The lowest BCUT2D eigenvalue weighted by atomic mass is 10.0. The molecule has 0 unspecified atom stereocenters. The van der Waals surface area contributed by atoms with Crippen molar-refractivity contribution in [1.29, 1.82) is 0 Å². The first-order valence-electron chi connectivity index (χ1n) is 4.36. The van der Waals surface area contributed by atoms with Crippen LogP contribution in [-0.2, 0) is 12.8 Å². The van der Waals surface area contributed by atoms with Gasteiger partial charge in [-0.3, -0.25) is 0 Å². The predicted molar refractivity (Wildman–Crippen MR) is 63.4 cm³/mol. The van der Waals surface area contributed by atoms with Crippen LogP contribution in [-0.4, -0.2) is 0 Å². The lowest BCUT2D eigenvalue weighted by Gasteiger charge is -2.04. The third-order valence-electron chi connectivity index (χ3n) is 2.20. The fourth-order valence-corrected chi connectivity index (χ4v) is 1.37. The van der Waals surface area contributed by atoms with Crippen molar-refractivity contribution >= 4 is 0 Å². The largest absolute Gasteiger partial charge is 0.0776 e. The molecule has 0 bridgehead atoms. The second-order valence-corrected chi connectivity index (χ2v) is 2.97. The van der Waals surface area contributed by atoms with Gasteiger partial charge in [-0.05, 0) is 36.5 Å². The van der Waals surface area contributed by atoms with Crippen LogP contribution < -0.4 is 0 Å². The van der Waals surface area contributed by atoms with E-state index in [1.165, 1.54) is 16.7 Å². The van der Waals surface area contributed by atoms with E-state index in [9.17, 15) is 0 Å². The minimum absolute atomic E-state index is 0. The predicted octanol–water partition coefficient (Wildman–Crippen LogP) is 4.39. The summed E-state index contributed by atoms with van der Waals surface area (Å²) >= 11 is 0. The van der Waals surface area contributed by atoms with Crippen LogP contribution in [0.3, 0.4) is 0 Å². The molecule has 0 amide bonds. The van der Waals surface area contributed by atoms with Gasteiger partial charge in [0.2, 0.25) is 0 Å². The first-order valence-corrected chi connectivity index (χ1v) is 4.36. The molecule has 0 atom stereocenters. The van der Waals surface area contributed by atoms with Gasteiger partial charge in [0.15, 0.2) is 0 Å². The van der Waals surface area contributed by atoms with E-state index in [1.807, 2.05) is 0 Å². The van der Waals surface area contributed by atoms with Crippen molar-refractivity contribution in [3.63, 3.8) is 0 Å². The summed E-state index contributed by atoms with van der Waals surface area (Å²) < 4.78 is 0. The standard InChI is InChI=1S/C11H16.2CH4/c1-4-10-6-7-11(5-2)9(3)8-10;;/h6-8H,4-5H2,1-3H3;2*1H4. The third-order valence-corrected chi connectivity index (χ3v) is 2.20. The number of hydrogen-bond donors (Lipinski definition) is 0. The summed E-state index contributed by atoms with van der Waals surface area (Å²) in [5, 5.41) is 0. The van der Waals surface area contributed by atoms with Crippen LogP contribution in [0.4, 0.5) is 0 Å². The van der Waals surface area contributed by atoms with Crippen molar-refractivity contribution in [1.82, 2.24) is 0 Å². The van der Waals surface area contributed by atoms with Crippen molar-refractivity contribution in [3.05, 3.63) is 34.9 Å². The van der Waals surface area contributed by atoms with Gasteiger partial charge >= 0.3 is 0 Å². The first kappa shape index (κ1) is 14.7. The molecule has 0 aromatic heterocycles. The van der Waals surface area contributed by atoms with Crippen molar-refractivity contribution in [2.45, 2.75) is 48.5 Å². The SMILES string of the molecule is C.C.CCc1ccc(CC)c(C)c1. The molecule has 0 aliphatic carbocycles. The van der Waals surface area contributed by atoms with E-state index in [4.69, 9.17) is 0 Å². The summed E-state index contributed by atoms with van der Waals surface area (Å²) in [6.45, 7) is 6.59. The summed E-state index contributed by atoms with van der Waals surface area (Å²) in [6, 6.07) is 6.76. The maximum atomic E-state index is 2.29. The van der Waals surface area contributed by atoms with Gasteiger partial charge in [-0.15, -0.1) is 0 Å². The maximum Gasteiger partial charge on any atom is -0.0305 e. The van der Waals surface area contributed by atoms with Gasteiger partial charge < -0.3 is 0 Å². The van der Waals surface area contributed by atoms with E-state index in [-0.39, 0.29) is 14.9 Å². The number of aryl methyl sites for hydroxylation is 3. The Bertz CT molecular complexity index is 236. The Labute approximate surface area is 84.0 Å². The Kier molecular flexibility index (Phi) is 7.60. The van der Waals surface area contributed by atoms with Gasteiger partial charge in [-0.1, -0.05) is 46.9 Å². The quantitative estimate of drug-likeness (QED) is 0.633. The summed E-state index contributed by atoms with van der Waals surface area (Å²) in [7, 11) is 0. The van der Waals surface area contributed by atoms with Crippen LogP contribution in [0.15, 0.2) is 18.2 Å². The zero-order valence-electron chi connectivity index (χ0n) is 7.65. The molecule has 76 valence electrons. The fraction of sp³-hybridized carbons (Fsp3) is 0.538. The Morgan fingerprint density at radius 2 is 1.62 bits per heavy atom. The molecule has 0 aliphatic rings. The molecule has 0 heteroatoms. The summed E-state index contributed by atoms with van der Waals surface area (Å²) in [4.78, 5) is 0. The van der Waals surface area contributed by atoms with Crippen molar-refractivity contribution in [2.24, 2.45) is 0 Å². The van der Waals surface area contributed by atoms with Crippen LogP contribution in [0.1, 0.15) is 45.4 Å². The molecular formula is C13H24.